The first-order chi connectivity index (χ1) is 16.2. The Morgan fingerprint density at radius 3 is 2.55 bits per heavy atom. The van der Waals surface area contributed by atoms with E-state index in [2.05, 4.69) is 42.8 Å². The van der Waals surface area contributed by atoms with Crippen LogP contribution in [0.2, 0.25) is 0 Å². The fraction of sp³-hybridized carbons (Fsp3) is 0.680. The highest BCUT2D eigenvalue weighted by Gasteiger charge is 2.33. The Morgan fingerprint density at radius 1 is 1.00 bits per heavy atom. The zero-order valence-electron chi connectivity index (χ0n) is 19.7. The number of rotatable bonds is 6. The lowest BCUT2D eigenvalue weighted by Crippen LogP contribution is -2.36. The molecule has 5 heterocycles. The molecule has 1 atom stereocenters. The fourth-order valence-electron chi connectivity index (χ4n) is 5.89. The van der Waals surface area contributed by atoms with E-state index in [-0.39, 0.29) is 11.8 Å². The van der Waals surface area contributed by atoms with Crippen molar-refractivity contribution < 1.29 is 4.79 Å². The van der Waals surface area contributed by atoms with Crippen LogP contribution in [-0.4, -0.2) is 63.0 Å². The molecule has 0 radical (unpaired) electrons. The van der Waals surface area contributed by atoms with Gasteiger partial charge in [0.15, 0.2) is 0 Å². The summed E-state index contributed by atoms with van der Waals surface area (Å²) in [5, 5.41) is 2.93. The Hall–Kier alpha value is -2.48. The van der Waals surface area contributed by atoms with Gasteiger partial charge in [0.25, 0.3) is 0 Å². The van der Waals surface area contributed by atoms with Crippen molar-refractivity contribution in [3.63, 3.8) is 0 Å². The third kappa shape index (κ3) is 4.25. The molecule has 1 saturated carbocycles. The van der Waals surface area contributed by atoms with Gasteiger partial charge < -0.3 is 19.7 Å². The van der Waals surface area contributed by atoms with E-state index in [0.29, 0.717) is 24.1 Å². The average Bonchev–Trinajstić information content (AvgIpc) is 3.37. The minimum Gasteiger partial charge on any atom is -0.356 e. The normalized spacial score (nSPS) is 24.2. The molecule has 2 aromatic heterocycles. The van der Waals surface area contributed by atoms with Crippen molar-refractivity contribution in [1.29, 1.82) is 0 Å². The number of aromatic nitrogens is 4. The van der Waals surface area contributed by atoms with Crippen LogP contribution < -0.4 is 10.2 Å². The van der Waals surface area contributed by atoms with E-state index in [4.69, 9.17) is 4.98 Å². The van der Waals surface area contributed by atoms with Gasteiger partial charge in [0.2, 0.25) is 5.91 Å². The van der Waals surface area contributed by atoms with Crippen LogP contribution >= 0.6 is 0 Å². The minimum absolute atomic E-state index is 0.0468. The molecule has 0 spiro atoms. The first kappa shape index (κ1) is 21.1. The highest BCUT2D eigenvalue weighted by Crippen LogP contribution is 2.42. The number of nitrogens with one attached hydrogen (secondary N) is 1. The summed E-state index contributed by atoms with van der Waals surface area (Å²) >= 11 is 0. The maximum Gasteiger partial charge on any atom is 0.226 e. The number of fused-ring (bicyclic) bond motifs is 1. The van der Waals surface area contributed by atoms with Gasteiger partial charge in [-0.05, 0) is 57.5 Å². The van der Waals surface area contributed by atoms with Crippen molar-refractivity contribution in [3.8, 4) is 0 Å². The number of hydrogen-bond acceptors (Lipinski definition) is 6. The first-order valence-corrected chi connectivity index (χ1v) is 12.8. The summed E-state index contributed by atoms with van der Waals surface area (Å²) in [4.78, 5) is 31.1. The number of carbonyl (C=O) groups excluding carboxylic acids is 1. The molecule has 176 valence electrons. The second kappa shape index (κ2) is 8.70. The number of likely N-dealkylation sites (tertiary alicyclic amines) is 1. The average molecular weight is 450 g/mol. The summed E-state index contributed by atoms with van der Waals surface area (Å²) < 4.78 is 2.48. The minimum atomic E-state index is 0.0468. The fourth-order valence-corrected chi connectivity index (χ4v) is 5.89. The molecule has 6 rings (SSSR count). The zero-order valence-corrected chi connectivity index (χ0v) is 19.7. The first-order valence-electron chi connectivity index (χ1n) is 12.8. The monoisotopic (exact) mass is 449 g/mol. The number of imidazole rings is 1. The lowest BCUT2D eigenvalue weighted by molar-refractivity contribution is -0.116. The molecule has 3 aliphatic heterocycles. The smallest absolute Gasteiger partial charge is 0.226 e. The molecular formula is C25H35N7O. The van der Waals surface area contributed by atoms with Crippen LogP contribution in [0.25, 0.3) is 0 Å². The van der Waals surface area contributed by atoms with Crippen LogP contribution in [0.15, 0.2) is 12.5 Å². The Kier molecular flexibility index (Phi) is 5.56. The second-order valence-corrected chi connectivity index (χ2v) is 10.4. The van der Waals surface area contributed by atoms with E-state index < -0.39 is 0 Å². The highest BCUT2D eigenvalue weighted by atomic mass is 16.1. The van der Waals surface area contributed by atoms with Crippen LogP contribution in [0.1, 0.15) is 86.7 Å². The van der Waals surface area contributed by atoms with E-state index in [0.717, 1.165) is 50.4 Å². The topological polar surface area (TPSA) is 79.2 Å². The van der Waals surface area contributed by atoms with Crippen molar-refractivity contribution in [3.05, 3.63) is 29.6 Å². The number of amides is 1. The van der Waals surface area contributed by atoms with E-state index in [9.17, 15) is 4.79 Å². The van der Waals surface area contributed by atoms with Crippen LogP contribution in [0.3, 0.4) is 0 Å². The van der Waals surface area contributed by atoms with Gasteiger partial charge in [-0.25, -0.2) is 15.0 Å². The number of anilines is 2. The SMILES string of the molecule is C[C@@H]1CC(=O)Nc2ncnc(N3CCC(c4nc(C5CC5)cn4CCN4CCCC4)CC3)c21. The summed E-state index contributed by atoms with van der Waals surface area (Å²) in [5.74, 6) is 4.39. The van der Waals surface area contributed by atoms with Crippen molar-refractivity contribution in [2.75, 3.05) is 42.9 Å². The van der Waals surface area contributed by atoms with Gasteiger partial charge in [-0.2, -0.15) is 0 Å². The highest BCUT2D eigenvalue weighted by molar-refractivity contribution is 5.94. The predicted octanol–water partition coefficient (Wildman–Crippen LogP) is 3.48. The van der Waals surface area contributed by atoms with Crippen LogP contribution in [0, 0.1) is 0 Å². The summed E-state index contributed by atoms with van der Waals surface area (Å²) in [7, 11) is 0. The molecule has 2 aromatic rings. The van der Waals surface area contributed by atoms with Crippen molar-refractivity contribution >= 4 is 17.5 Å². The second-order valence-electron chi connectivity index (χ2n) is 10.4. The van der Waals surface area contributed by atoms with E-state index in [1.807, 2.05) is 0 Å². The van der Waals surface area contributed by atoms with Gasteiger partial charge in [-0.15, -0.1) is 0 Å². The standard InChI is InChI=1S/C25H35N7O/c1-17-14-21(33)29-23-22(17)25(27-16-26-23)31-10-6-19(7-11-31)24-28-20(18-4-5-18)15-32(24)13-12-30-8-2-3-9-30/h15-19H,2-14H2,1H3,(H,26,27,29,33)/t17-/m1/s1. The number of piperidine rings is 1. The zero-order chi connectivity index (χ0) is 22.4. The lowest BCUT2D eigenvalue weighted by atomic mass is 9.92. The van der Waals surface area contributed by atoms with Crippen molar-refractivity contribution in [2.24, 2.45) is 0 Å². The van der Waals surface area contributed by atoms with Crippen molar-refractivity contribution in [1.82, 2.24) is 24.4 Å². The number of nitrogens with zero attached hydrogens (tertiary/aromatic N) is 6. The predicted molar refractivity (Wildman–Crippen MR) is 128 cm³/mol. The largest absolute Gasteiger partial charge is 0.356 e. The molecule has 0 aromatic carbocycles. The van der Waals surface area contributed by atoms with Gasteiger partial charge in [-0.1, -0.05) is 6.92 Å². The Bertz CT molecular complexity index is 1020. The maximum absolute atomic E-state index is 11.9. The molecule has 1 N–H and O–H groups in total. The molecule has 33 heavy (non-hydrogen) atoms. The molecule has 0 bridgehead atoms. The third-order valence-electron chi connectivity index (χ3n) is 7.94. The molecule has 2 saturated heterocycles. The molecular weight excluding hydrogens is 414 g/mol. The van der Waals surface area contributed by atoms with Gasteiger partial charge in [0.1, 0.15) is 23.8 Å². The Labute approximate surface area is 195 Å². The van der Waals surface area contributed by atoms with Crippen LogP contribution in [0.4, 0.5) is 11.6 Å². The summed E-state index contributed by atoms with van der Waals surface area (Å²) in [5.41, 5.74) is 2.42. The number of hydrogen-bond donors (Lipinski definition) is 1. The Morgan fingerprint density at radius 2 is 1.79 bits per heavy atom. The van der Waals surface area contributed by atoms with Gasteiger partial charge in [0, 0.05) is 56.2 Å². The van der Waals surface area contributed by atoms with Crippen molar-refractivity contribution in [2.45, 2.75) is 76.2 Å². The van der Waals surface area contributed by atoms with E-state index >= 15 is 0 Å². The molecule has 8 nitrogen and oxygen atoms in total. The summed E-state index contributed by atoms with van der Waals surface area (Å²) in [6.45, 7) is 8.74. The van der Waals surface area contributed by atoms with Gasteiger partial charge in [-0.3, -0.25) is 4.79 Å². The molecule has 0 unspecified atom stereocenters. The third-order valence-corrected chi connectivity index (χ3v) is 7.94. The molecule has 1 aliphatic carbocycles. The molecule has 4 aliphatic rings. The maximum atomic E-state index is 11.9. The van der Waals surface area contributed by atoms with Gasteiger partial charge in [0.05, 0.1) is 5.69 Å². The van der Waals surface area contributed by atoms with E-state index in [1.54, 1.807) is 6.33 Å². The number of carbonyl (C=O) groups is 1. The van der Waals surface area contributed by atoms with Crippen LogP contribution in [0.5, 0.6) is 0 Å². The molecule has 8 heteroatoms. The van der Waals surface area contributed by atoms with E-state index in [1.165, 1.54) is 50.3 Å². The lowest BCUT2D eigenvalue weighted by Gasteiger charge is -2.35. The quantitative estimate of drug-likeness (QED) is 0.727. The Balaban J connectivity index is 1.17. The summed E-state index contributed by atoms with van der Waals surface area (Å²) in [6.07, 6.45) is 11.9. The summed E-state index contributed by atoms with van der Waals surface area (Å²) in [6, 6.07) is 0. The van der Waals surface area contributed by atoms with Gasteiger partial charge >= 0.3 is 0 Å². The van der Waals surface area contributed by atoms with Crippen LogP contribution in [-0.2, 0) is 11.3 Å². The molecule has 1 amide bonds. The molecule has 3 fully saturated rings.